The van der Waals surface area contributed by atoms with Crippen LogP contribution >= 0.6 is 0 Å². The SMILES string of the molecule is CC/C=C\c1cc(C)c(/C=C\c2ccc(N(c3ccccc3)c3ccc(C)cc3)cc2)cc1OC. The summed E-state index contributed by atoms with van der Waals surface area (Å²) in [6.45, 7) is 6.40. The van der Waals surface area contributed by atoms with E-state index in [1.54, 1.807) is 7.11 Å². The lowest BCUT2D eigenvalue weighted by Crippen LogP contribution is -2.09. The Morgan fingerprint density at radius 3 is 1.94 bits per heavy atom. The van der Waals surface area contributed by atoms with Gasteiger partial charge in [-0.1, -0.05) is 79.3 Å². The minimum absolute atomic E-state index is 0.895. The van der Waals surface area contributed by atoms with Gasteiger partial charge in [0.2, 0.25) is 0 Å². The van der Waals surface area contributed by atoms with Crippen LogP contribution in [-0.4, -0.2) is 7.11 Å². The van der Waals surface area contributed by atoms with Crippen LogP contribution in [0, 0.1) is 13.8 Å². The molecule has 0 amide bonds. The predicted octanol–water partition coefficient (Wildman–Crippen LogP) is 9.38. The first-order valence-electron chi connectivity index (χ1n) is 12.1. The van der Waals surface area contributed by atoms with E-state index in [4.69, 9.17) is 4.74 Å². The van der Waals surface area contributed by atoms with Crippen LogP contribution in [0.15, 0.2) is 97.1 Å². The summed E-state index contributed by atoms with van der Waals surface area (Å²) in [5, 5.41) is 0. The third kappa shape index (κ3) is 5.91. The Labute approximate surface area is 209 Å². The summed E-state index contributed by atoms with van der Waals surface area (Å²) in [7, 11) is 1.73. The molecular weight excluding hydrogens is 426 g/mol. The number of aryl methyl sites for hydroxylation is 2. The summed E-state index contributed by atoms with van der Waals surface area (Å²) < 4.78 is 5.63. The molecule has 176 valence electrons. The van der Waals surface area contributed by atoms with Crippen LogP contribution in [0.1, 0.15) is 41.2 Å². The summed E-state index contributed by atoms with van der Waals surface area (Å²) >= 11 is 0. The molecule has 4 aromatic rings. The summed E-state index contributed by atoms with van der Waals surface area (Å²) in [6.07, 6.45) is 9.61. The van der Waals surface area contributed by atoms with Gasteiger partial charge in [0.25, 0.3) is 0 Å². The van der Waals surface area contributed by atoms with Gasteiger partial charge in [-0.25, -0.2) is 0 Å². The smallest absolute Gasteiger partial charge is 0.126 e. The van der Waals surface area contributed by atoms with Crippen molar-refractivity contribution in [1.82, 2.24) is 0 Å². The van der Waals surface area contributed by atoms with E-state index in [9.17, 15) is 0 Å². The Kier molecular flexibility index (Phi) is 7.84. The van der Waals surface area contributed by atoms with Crippen molar-refractivity contribution in [3.63, 3.8) is 0 Å². The van der Waals surface area contributed by atoms with Crippen molar-refractivity contribution in [3.05, 3.63) is 125 Å². The Bertz CT molecular complexity index is 1300. The highest BCUT2D eigenvalue weighted by molar-refractivity contribution is 5.79. The maximum absolute atomic E-state index is 5.63. The number of methoxy groups -OCH3 is 1. The van der Waals surface area contributed by atoms with Crippen LogP contribution in [0.4, 0.5) is 17.1 Å². The van der Waals surface area contributed by atoms with Gasteiger partial charge in [-0.2, -0.15) is 0 Å². The van der Waals surface area contributed by atoms with Gasteiger partial charge in [0.15, 0.2) is 0 Å². The molecule has 0 N–H and O–H groups in total. The third-order valence-corrected chi connectivity index (χ3v) is 6.06. The van der Waals surface area contributed by atoms with Gasteiger partial charge in [0, 0.05) is 22.6 Å². The number of nitrogens with zero attached hydrogens (tertiary/aromatic N) is 1. The fraction of sp³-hybridized carbons (Fsp3) is 0.152. The van der Waals surface area contributed by atoms with Crippen LogP contribution < -0.4 is 9.64 Å². The zero-order valence-electron chi connectivity index (χ0n) is 21.0. The number of hydrogen-bond acceptors (Lipinski definition) is 2. The lowest BCUT2D eigenvalue weighted by atomic mass is 10.0. The average Bonchev–Trinajstić information content (AvgIpc) is 2.89. The van der Waals surface area contributed by atoms with E-state index in [-0.39, 0.29) is 0 Å². The number of benzene rings is 4. The quantitative estimate of drug-likeness (QED) is 0.243. The van der Waals surface area contributed by atoms with E-state index < -0.39 is 0 Å². The number of allylic oxidation sites excluding steroid dienone is 1. The summed E-state index contributed by atoms with van der Waals surface area (Å²) in [5.41, 5.74) is 9.31. The van der Waals surface area contributed by atoms with Gasteiger partial charge in [-0.15, -0.1) is 0 Å². The van der Waals surface area contributed by atoms with Crippen molar-refractivity contribution in [2.75, 3.05) is 12.0 Å². The monoisotopic (exact) mass is 459 g/mol. The molecular formula is C33H33NO. The highest BCUT2D eigenvalue weighted by Crippen LogP contribution is 2.34. The van der Waals surface area contributed by atoms with E-state index in [0.717, 1.165) is 45.9 Å². The minimum atomic E-state index is 0.895. The van der Waals surface area contributed by atoms with Gasteiger partial charge in [0.05, 0.1) is 7.11 Å². The van der Waals surface area contributed by atoms with E-state index in [1.165, 1.54) is 11.1 Å². The fourth-order valence-electron chi connectivity index (χ4n) is 4.10. The van der Waals surface area contributed by atoms with Crippen LogP contribution in [0.2, 0.25) is 0 Å². The normalized spacial score (nSPS) is 11.3. The van der Waals surface area contributed by atoms with Crippen molar-refractivity contribution in [2.24, 2.45) is 0 Å². The molecule has 2 nitrogen and oxygen atoms in total. The van der Waals surface area contributed by atoms with Crippen molar-refractivity contribution in [1.29, 1.82) is 0 Å². The summed E-state index contributed by atoms with van der Waals surface area (Å²) in [5.74, 6) is 0.895. The van der Waals surface area contributed by atoms with Gasteiger partial charge < -0.3 is 9.64 Å². The predicted molar refractivity (Wildman–Crippen MR) is 152 cm³/mol. The van der Waals surface area contributed by atoms with Crippen molar-refractivity contribution >= 4 is 35.3 Å². The first-order valence-corrected chi connectivity index (χ1v) is 12.1. The molecule has 0 unspecified atom stereocenters. The number of ether oxygens (including phenoxy) is 1. The zero-order valence-corrected chi connectivity index (χ0v) is 21.0. The maximum Gasteiger partial charge on any atom is 0.126 e. The molecule has 0 atom stereocenters. The second kappa shape index (κ2) is 11.4. The number of rotatable bonds is 8. The Balaban J connectivity index is 1.61. The molecule has 35 heavy (non-hydrogen) atoms. The molecule has 4 rings (SSSR count). The van der Waals surface area contributed by atoms with Gasteiger partial charge in [0.1, 0.15) is 5.75 Å². The molecule has 4 aromatic carbocycles. The highest BCUT2D eigenvalue weighted by Gasteiger charge is 2.11. The molecule has 0 aliphatic heterocycles. The molecule has 0 aromatic heterocycles. The van der Waals surface area contributed by atoms with Gasteiger partial charge in [-0.05, 0) is 85.5 Å². The minimum Gasteiger partial charge on any atom is -0.496 e. The zero-order chi connectivity index (χ0) is 24.6. The maximum atomic E-state index is 5.63. The first-order chi connectivity index (χ1) is 17.1. The molecule has 0 saturated heterocycles. The Hall–Kier alpha value is -4.04. The first kappa shape index (κ1) is 24.1. The largest absolute Gasteiger partial charge is 0.496 e. The molecule has 0 aliphatic rings. The van der Waals surface area contributed by atoms with Gasteiger partial charge in [-0.3, -0.25) is 0 Å². The summed E-state index contributed by atoms with van der Waals surface area (Å²) in [4.78, 5) is 2.28. The standard InChI is InChI=1S/C33H33NO/c1-5-6-10-29-23-26(3)28(24-33(29)35-4)18-15-27-16-21-32(22-17-27)34(30-11-8-7-9-12-30)31-19-13-25(2)14-20-31/h6-24H,5H2,1-4H3/b10-6-,18-15-. The van der Waals surface area contributed by atoms with Crippen LogP contribution in [-0.2, 0) is 0 Å². The molecule has 0 bridgehead atoms. The van der Waals surface area contributed by atoms with E-state index in [1.807, 2.05) is 6.07 Å². The lowest BCUT2D eigenvalue weighted by Gasteiger charge is -2.25. The van der Waals surface area contributed by atoms with Crippen LogP contribution in [0.5, 0.6) is 5.75 Å². The molecule has 0 heterocycles. The van der Waals surface area contributed by atoms with Crippen LogP contribution in [0.25, 0.3) is 18.2 Å². The second-order valence-corrected chi connectivity index (χ2v) is 8.69. The van der Waals surface area contributed by atoms with Crippen molar-refractivity contribution in [3.8, 4) is 5.75 Å². The van der Waals surface area contributed by atoms with Gasteiger partial charge >= 0.3 is 0 Å². The number of anilines is 3. The highest BCUT2D eigenvalue weighted by atomic mass is 16.5. The average molecular weight is 460 g/mol. The topological polar surface area (TPSA) is 12.5 Å². The molecule has 0 fully saturated rings. The van der Waals surface area contributed by atoms with E-state index in [2.05, 4.69) is 135 Å². The van der Waals surface area contributed by atoms with Crippen LogP contribution in [0.3, 0.4) is 0 Å². The molecule has 0 saturated carbocycles. The molecule has 0 spiro atoms. The Morgan fingerprint density at radius 1 is 0.686 bits per heavy atom. The second-order valence-electron chi connectivity index (χ2n) is 8.69. The third-order valence-electron chi connectivity index (χ3n) is 6.06. The number of hydrogen-bond donors (Lipinski definition) is 0. The van der Waals surface area contributed by atoms with E-state index >= 15 is 0 Å². The molecule has 0 aliphatic carbocycles. The van der Waals surface area contributed by atoms with Crippen molar-refractivity contribution in [2.45, 2.75) is 27.2 Å². The lowest BCUT2D eigenvalue weighted by molar-refractivity contribution is 0.413. The van der Waals surface area contributed by atoms with E-state index in [0.29, 0.717) is 0 Å². The fourth-order valence-corrected chi connectivity index (χ4v) is 4.10. The Morgan fingerprint density at radius 2 is 1.31 bits per heavy atom. The number of para-hydroxylation sites is 1. The van der Waals surface area contributed by atoms with Crippen molar-refractivity contribution < 1.29 is 4.74 Å². The summed E-state index contributed by atoms with van der Waals surface area (Å²) in [6, 6.07) is 32.1. The molecule has 2 heteroatoms. The molecule has 0 radical (unpaired) electrons.